The molecule has 1 atom stereocenters. The summed E-state index contributed by atoms with van der Waals surface area (Å²) in [6.45, 7) is 0.541. The van der Waals surface area contributed by atoms with Gasteiger partial charge in [0.05, 0.1) is 42.5 Å². The largest absolute Gasteiger partial charge is 0.497 e. The van der Waals surface area contributed by atoms with E-state index in [0.717, 1.165) is 16.8 Å². The van der Waals surface area contributed by atoms with E-state index in [2.05, 4.69) is 5.10 Å². The molecule has 3 aromatic rings. The number of nitrogens with zero attached hydrogens (tertiary/aromatic N) is 3. The fraction of sp³-hybridized carbons (Fsp3) is 0.276. The van der Waals surface area contributed by atoms with Crippen molar-refractivity contribution in [2.75, 3.05) is 40.0 Å². The van der Waals surface area contributed by atoms with Crippen molar-refractivity contribution in [3.8, 4) is 5.75 Å². The molecule has 10 nitrogen and oxygen atoms in total. The van der Waals surface area contributed by atoms with Gasteiger partial charge in [0.1, 0.15) is 5.75 Å². The van der Waals surface area contributed by atoms with Gasteiger partial charge in [-0.05, 0) is 41.5 Å². The van der Waals surface area contributed by atoms with Crippen LogP contribution >= 0.6 is 0 Å². The molecule has 0 unspecified atom stereocenters. The number of morpholine rings is 1. The molecule has 0 aromatic heterocycles. The van der Waals surface area contributed by atoms with Crippen LogP contribution in [0.25, 0.3) is 0 Å². The van der Waals surface area contributed by atoms with Crippen molar-refractivity contribution in [1.82, 2.24) is 9.31 Å². The lowest BCUT2D eigenvalue weighted by Crippen LogP contribution is -2.40. The van der Waals surface area contributed by atoms with Gasteiger partial charge in [0.2, 0.25) is 10.0 Å². The van der Waals surface area contributed by atoms with Gasteiger partial charge in [0, 0.05) is 19.5 Å². The number of sulfonamides is 1. The molecule has 1 fully saturated rings. The Kier molecular flexibility index (Phi) is 8.24. The zero-order valence-corrected chi connectivity index (χ0v) is 22.7. The second kappa shape index (κ2) is 12.0. The highest BCUT2D eigenvalue weighted by molar-refractivity contribution is 7.89. The second-order valence-electron chi connectivity index (χ2n) is 9.26. The Morgan fingerprint density at radius 1 is 0.975 bits per heavy atom. The highest BCUT2D eigenvalue weighted by Gasteiger charge is 2.34. The molecule has 11 heteroatoms. The normalized spacial score (nSPS) is 17.8. The average molecular weight is 564 g/mol. The molecule has 0 radical (unpaired) electrons. The van der Waals surface area contributed by atoms with Crippen LogP contribution < -0.4 is 4.74 Å². The van der Waals surface area contributed by atoms with E-state index in [9.17, 15) is 18.0 Å². The lowest BCUT2D eigenvalue weighted by Gasteiger charge is -2.26. The van der Waals surface area contributed by atoms with Crippen LogP contribution in [-0.2, 0) is 24.3 Å². The number of ether oxygens (including phenoxy) is 3. The quantitative estimate of drug-likeness (QED) is 0.387. The van der Waals surface area contributed by atoms with Crippen LogP contribution in [0.15, 0.2) is 88.9 Å². The van der Waals surface area contributed by atoms with E-state index in [4.69, 9.17) is 14.2 Å². The fourth-order valence-corrected chi connectivity index (χ4v) is 6.08. The maximum atomic E-state index is 13.3. The standard InChI is InChI=1S/C29H29N3O7S/c1-37-24-12-10-22(11-13-24)27-19-26(21-6-3-2-4-7-21)30-32(27)28(33)20-39-29(34)23-8-5-9-25(18-23)40(35,36)31-14-16-38-17-15-31/h2-13,18,27H,14-17,19-20H2,1H3/t27-/m1/s1. The van der Waals surface area contributed by atoms with E-state index in [1.165, 1.54) is 33.6 Å². The van der Waals surface area contributed by atoms with Crippen LogP contribution in [0.2, 0.25) is 0 Å². The number of benzene rings is 3. The number of carbonyl (C=O) groups is 2. The minimum atomic E-state index is -3.79. The van der Waals surface area contributed by atoms with E-state index in [0.29, 0.717) is 25.4 Å². The zero-order chi connectivity index (χ0) is 28.1. The molecule has 0 spiro atoms. The zero-order valence-electron chi connectivity index (χ0n) is 21.9. The Morgan fingerprint density at radius 3 is 2.40 bits per heavy atom. The van der Waals surface area contributed by atoms with E-state index >= 15 is 0 Å². The van der Waals surface area contributed by atoms with E-state index in [-0.39, 0.29) is 23.5 Å². The van der Waals surface area contributed by atoms with E-state index in [1.807, 2.05) is 54.6 Å². The van der Waals surface area contributed by atoms with Crippen LogP contribution in [0.1, 0.15) is 33.9 Å². The van der Waals surface area contributed by atoms with Gasteiger partial charge in [-0.3, -0.25) is 4.79 Å². The van der Waals surface area contributed by atoms with Crippen molar-refractivity contribution in [1.29, 1.82) is 0 Å². The number of esters is 1. The molecule has 2 aliphatic heterocycles. The van der Waals surface area contributed by atoms with Crippen LogP contribution in [-0.4, -0.2) is 75.3 Å². The molecule has 0 N–H and O–H groups in total. The average Bonchev–Trinajstić information content (AvgIpc) is 3.46. The highest BCUT2D eigenvalue weighted by Crippen LogP contribution is 2.33. The number of amides is 1. The molecular formula is C29H29N3O7S. The maximum absolute atomic E-state index is 13.3. The van der Waals surface area contributed by atoms with Gasteiger partial charge in [0.25, 0.3) is 5.91 Å². The summed E-state index contributed by atoms with van der Waals surface area (Å²) >= 11 is 0. The highest BCUT2D eigenvalue weighted by atomic mass is 32.2. The first-order valence-corrected chi connectivity index (χ1v) is 14.2. The van der Waals surface area contributed by atoms with Crippen molar-refractivity contribution in [2.24, 2.45) is 5.10 Å². The van der Waals surface area contributed by atoms with Crippen molar-refractivity contribution in [2.45, 2.75) is 17.4 Å². The van der Waals surface area contributed by atoms with E-state index in [1.54, 1.807) is 7.11 Å². The first-order valence-electron chi connectivity index (χ1n) is 12.8. The number of hydrazone groups is 1. The summed E-state index contributed by atoms with van der Waals surface area (Å²) in [5.74, 6) is -0.618. The molecule has 3 aromatic carbocycles. The van der Waals surface area contributed by atoms with Crippen LogP contribution in [0, 0.1) is 0 Å². The summed E-state index contributed by atoms with van der Waals surface area (Å²) in [6, 6.07) is 22.2. The molecule has 0 aliphatic carbocycles. The van der Waals surface area contributed by atoms with Crippen molar-refractivity contribution >= 4 is 27.6 Å². The van der Waals surface area contributed by atoms with Crippen LogP contribution in [0.3, 0.4) is 0 Å². The summed E-state index contributed by atoms with van der Waals surface area (Å²) in [5, 5.41) is 5.93. The molecular weight excluding hydrogens is 534 g/mol. The third-order valence-electron chi connectivity index (χ3n) is 6.78. The number of hydrogen-bond acceptors (Lipinski definition) is 8. The summed E-state index contributed by atoms with van der Waals surface area (Å²) in [5.41, 5.74) is 2.52. The van der Waals surface area contributed by atoms with Gasteiger partial charge in [0.15, 0.2) is 6.61 Å². The molecule has 2 heterocycles. The smallest absolute Gasteiger partial charge is 0.338 e. The lowest BCUT2D eigenvalue weighted by molar-refractivity contribution is -0.136. The predicted octanol–water partition coefficient (Wildman–Crippen LogP) is 3.25. The van der Waals surface area contributed by atoms with Gasteiger partial charge < -0.3 is 14.2 Å². The number of rotatable bonds is 8. The number of methoxy groups -OCH3 is 1. The van der Waals surface area contributed by atoms with Gasteiger partial charge in [-0.15, -0.1) is 0 Å². The molecule has 208 valence electrons. The third kappa shape index (κ3) is 5.91. The lowest BCUT2D eigenvalue weighted by atomic mass is 9.98. The SMILES string of the molecule is COc1ccc([C@H]2CC(c3ccccc3)=NN2C(=O)COC(=O)c2cccc(S(=O)(=O)N3CCOCC3)c2)cc1. The van der Waals surface area contributed by atoms with Crippen LogP contribution in [0.4, 0.5) is 0 Å². The molecule has 0 bridgehead atoms. The van der Waals surface area contributed by atoms with Gasteiger partial charge >= 0.3 is 5.97 Å². The predicted molar refractivity (Wildman–Crippen MR) is 146 cm³/mol. The van der Waals surface area contributed by atoms with Gasteiger partial charge in [-0.1, -0.05) is 48.5 Å². The van der Waals surface area contributed by atoms with Gasteiger partial charge in [-0.2, -0.15) is 9.41 Å². The summed E-state index contributed by atoms with van der Waals surface area (Å²) in [4.78, 5) is 26.1. The molecule has 1 saturated heterocycles. The Morgan fingerprint density at radius 2 is 1.70 bits per heavy atom. The first kappa shape index (κ1) is 27.5. The number of hydrogen-bond donors (Lipinski definition) is 0. The second-order valence-corrected chi connectivity index (χ2v) is 11.2. The van der Waals surface area contributed by atoms with E-state index < -0.39 is 34.5 Å². The van der Waals surface area contributed by atoms with Crippen molar-refractivity contribution in [3.05, 3.63) is 95.6 Å². The molecule has 0 saturated carbocycles. The Labute approximate surface area is 232 Å². The Balaban J connectivity index is 1.31. The molecule has 40 heavy (non-hydrogen) atoms. The molecule has 5 rings (SSSR count). The topological polar surface area (TPSA) is 115 Å². The number of carbonyl (C=O) groups excluding carboxylic acids is 2. The maximum Gasteiger partial charge on any atom is 0.338 e. The Hall–Kier alpha value is -4.06. The Bertz CT molecular complexity index is 1500. The minimum absolute atomic E-state index is 0.0219. The van der Waals surface area contributed by atoms with Gasteiger partial charge in [-0.25, -0.2) is 18.2 Å². The summed E-state index contributed by atoms with van der Waals surface area (Å²) in [7, 11) is -2.21. The first-order chi connectivity index (χ1) is 19.4. The fourth-order valence-electron chi connectivity index (χ4n) is 4.63. The van der Waals surface area contributed by atoms with Crippen molar-refractivity contribution in [3.63, 3.8) is 0 Å². The monoisotopic (exact) mass is 563 g/mol. The van der Waals surface area contributed by atoms with Crippen molar-refractivity contribution < 1.29 is 32.2 Å². The molecule has 1 amide bonds. The van der Waals surface area contributed by atoms with Crippen LogP contribution in [0.5, 0.6) is 5.75 Å². The molecule has 2 aliphatic rings. The summed E-state index contributed by atoms with van der Waals surface area (Å²) < 4.78 is 43.1. The summed E-state index contributed by atoms with van der Waals surface area (Å²) in [6.07, 6.45) is 0.484. The minimum Gasteiger partial charge on any atom is -0.497 e. The third-order valence-corrected chi connectivity index (χ3v) is 8.67.